The quantitative estimate of drug-likeness (QED) is 0.669. The first-order valence-electron chi connectivity index (χ1n) is 8.55. The van der Waals surface area contributed by atoms with Crippen LogP contribution in [-0.4, -0.2) is 11.8 Å². The summed E-state index contributed by atoms with van der Waals surface area (Å²) < 4.78 is 40.1. The summed E-state index contributed by atoms with van der Waals surface area (Å²) in [6.45, 7) is 0. The summed E-state index contributed by atoms with van der Waals surface area (Å²) >= 11 is 3.35. The number of rotatable bonds is 2. The number of hydrogen-bond acceptors (Lipinski definition) is 2. The SMILES string of the molecule is O=C1CCC2=C1[C@H](c1ccc(Br)cc1)NC(=O)N2c1cccc(C(F)(F)F)c1. The number of halogens is 4. The van der Waals surface area contributed by atoms with Gasteiger partial charge in [-0.25, -0.2) is 4.79 Å². The van der Waals surface area contributed by atoms with Crippen molar-refractivity contribution in [2.45, 2.75) is 25.1 Å². The van der Waals surface area contributed by atoms with Crippen LogP contribution in [0.1, 0.15) is 30.0 Å². The molecule has 0 aromatic heterocycles. The monoisotopic (exact) mass is 450 g/mol. The van der Waals surface area contributed by atoms with Crippen LogP contribution in [0.3, 0.4) is 0 Å². The number of allylic oxidation sites excluding steroid dienone is 1. The van der Waals surface area contributed by atoms with Crippen molar-refractivity contribution in [3.63, 3.8) is 0 Å². The van der Waals surface area contributed by atoms with Gasteiger partial charge in [-0.05, 0) is 42.3 Å². The molecule has 2 aromatic carbocycles. The van der Waals surface area contributed by atoms with E-state index >= 15 is 0 Å². The summed E-state index contributed by atoms with van der Waals surface area (Å²) in [5.74, 6) is -0.111. The van der Waals surface area contributed by atoms with E-state index in [1.807, 2.05) is 0 Å². The Balaban J connectivity index is 1.81. The van der Waals surface area contributed by atoms with Gasteiger partial charge in [0.25, 0.3) is 0 Å². The van der Waals surface area contributed by atoms with Crippen molar-refractivity contribution in [2.75, 3.05) is 4.90 Å². The number of benzene rings is 2. The number of carbonyl (C=O) groups is 2. The molecule has 2 aromatic rings. The van der Waals surface area contributed by atoms with E-state index in [0.717, 1.165) is 22.2 Å². The lowest BCUT2D eigenvalue weighted by molar-refractivity contribution is -0.137. The molecule has 1 aliphatic heterocycles. The molecule has 144 valence electrons. The number of urea groups is 1. The van der Waals surface area contributed by atoms with Gasteiger partial charge in [-0.15, -0.1) is 0 Å². The Morgan fingerprint density at radius 2 is 1.75 bits per heavy atom. The molecule has 1 heterocycles. The minimum atomic E-state index is -4.52. The standard InChI is InChI=1S/C20H14BrF3N2O2/c21-13-6-4-11(5-7-13)18-17-15(8-9-16(17)27)26(19(28)25-18)14-3-1-2-12(10-14)20(22,23)24/h1-7,10,18H,8-9H2,(H,25,28)/t18-/m0/s1. The third kappa shape index (κ3) is 3.22. The van der Waals surface area contributed by atoms with Gasteiger partial charge in [-0.3, -0.25) is 9.69 Å². The number of hydrogen-bond donors (Lipinski definition) is 1. The van der Waals surface area contributed by atoms with Gasteiger partial charge in [0.2, 0.25) is 0 Å². The number of amides is 2. The molecule has 28 heavy (non-hydrogen) atoms. The molecular weight excluding hydrogens is 437 g/mol. The second-order valence-electron chi connectivity index (χ2n) is 6.60. The second-order valence-corrected chi connectivity index (χ2v) is 7.52. The van der Waals surface area contributed by atoms with Crippen LogP contribution >= 0.6 is 15.9 Å². The van der Waals surface area contributed by atoms with Crippen molar-refractivity contribution in [3.05, 3.63) is 75.4 Å². The van der Waals surface area contributed by atoms with Crippen LogP contribution < -0.4 is 10.2 Å². The Kier molecular flexibility index (Phi) is 4.53. The molecule has 0 saturated carbocycles. The summed E-state index contributed by atoms with van der Waals surface area (Å²) in [4.78, 5) is 26.6. The summed E-state index contributed by atoms with van der Waals surface area (Å²) in [6.07, 6.45) is -3.99. The van der Waals surface area contributed by atoms with Crippen LogP contribution in [-0.2, 0) is 11.0 Å². The van der Waals surface area contributed by atoms with E-state index < -0.39 is 23.8 Å². The predicted molar refractivity (Wildman–Crippen MR) is 101 cm³/mol. The van der Waals surface area contributed by atoms with Crippen LogP contribution in [0.2, 0.25) is 0 Å². The van der Waals surface area contributed by atoms with Crippen molar-refractivity contribution in [2.24, 2.45) is 0 Å². The van der Waals surface area contributed by atoms with Crippen molar-refractivity contribution in [1.82, 2.24) is 5.32 Å². The molecule has 0 saturated heterocycles. The molecule has 1 aliphatic carbocycles. The number of nitrogens with zero attached hydrogens (tertiary/aromatic N) is 1. The Morgan fingerprint density at radius 3 is 2.43 bits per heavy atom. The minimum absolute atomic E-state index is 0.0868. The normalized spacial score (nSPS) is 19.7. The van der Waals surface area contributed by atoms with E-state index in [-0.39, 0.29) is 17.9 Å². The molecule has 4 nitrogen and oxygen atoms in total. The Morgan fingerprint density at radius 1 is 1.04 bits per heavy atom. The van der Waals surface area contributed by atoms with E-state index in [0.29, 0.717) is 17.7 Å². The molecule has 2 aliphatic rings. The van der Waals surface area contributed by atoms with E-state index in [1.54, 1.807) is 24.3 Å². The molecule has 4 rings (SSSR count). The highest BCUT2D eigenvalue weighted by molar-refractivity contribution is 9.10. The maximum atomic E-state index is 13.1. The zero-order chi connectivity index (χ0) is 20.1. The number of nitrogens with one attached hydrogen (secondary N) is 1. The maximum Gasteiger partial charge on any atom is 0.416 e. The summed E-state index contributed by atoms with van der Waals surface area (Å²) in [7, 11) is 0. The largest absolute Gasteiger partial charge is 0.416 e. The fraction of sp³-hybridized carbons (Fsp3) is 0.200. The topological polar surface area (TPSA) is 49.4 Å². The number of alkyl halides is 3. The fourth-order valence-corrected chi connectivity index (χ4v) is 3.87. The summed E-state index contributed by atoms with van der Waals surface area (Å²) in [5, 5.41) is 2.77. The lowest BCUT2D eigenvalue weighted by Gasteiger charge is -2.34. The molecule has 0 spiro atoms. The highest BCUT2D eigenvalue weighted by atomic mass is 79.9. The van der Waals surface area contributed by atoms with Crippen molar-refractivity contribution < 1.29 is 22.8 Å². The first-order chi connectivity index (χ1) is 13.3. The minimum Gasteiger partial charge on any atom is -0.326 e. The molecule has 8 heteroatoms. The molecule has 2 amide bonds. The molecule has 0 unspecified atom stereocenters. The molecular formula is C20H14BrF3N2O2. The van der Waals surface area contributed by atoms with E-state index in [9.17, 15) is 22.8 Å². The maximum absolute atomic E-state index is 13.1. The third-order valence-electron chi connectivity index (χ3n) is 4.86. The van der Waals surface area contributed by atoms with Crippen molar-refractivity contribution in [1.29, 1.82) is 0 Å². The van der Waals surface area contributed by atoms with Crippen LogP contribution in [0.5, 0.6) is 0 Å². The zero-order valence-corrected chi connectivity index (χ0v) is 16.0. The average Bonchev–Trinajstić information content (AvgIpc) is 3.03. The van der Waals surface area contributed by atoms with E-state index in [4.69, 9.17) is 0 Å². The Hall–Kier alpha value is -2.61. The summed E-state index contributed by atoms with van der Waals surface area (Å²) in [6, 6.07) is 10.6. The molecule has 1 N–H and O–H groups in total. The van der Waals surface area contributed by atoms with Crippen molar-refractivity contribution >= 4 is 33.4 Å². The van der Waals surface area contributed by atoms with Gasteiger partial charge in [-0.2, -0.15) is 13.2 Å². The van der Waals surface area contributed by atoms with Gasteiger partial charge < -0.3 is 5.32 Å². The van der Waals surface area contributed by atoms with Crippen LogP contribution in [0.25, 0.3) is 0 Å². The van der Waals surface area contributed by atoms with Gasteiger partial charge in [0.1, 0.15) is 0 Å². The number of carbonyl (C=O) groups excluding carboxylic acids is 2. The van der Waals surface area contributed by atoms with Gasteiger partial charge in [0.15, 0.2) is 5.78 Å². The molecule has 0 radical (unpaired) electrons. The Bertz CT molecular complexity index is 999. The Labute approximate surface area is 167 Å². The number of ketones is 1. The van der Waals surface area contributed by atoms with Gasteiger partial charge >= 0.3 is 12.2 Å². The number of anilines is 1. The lowest BCUT2D eigenvalue weighted by Crippen LogP contribution is -2.47. The van der Waals surface area contributed by atoms with Gasteiger partial charge in [-0.1, -0.05) is 34.1 Å². The third-order valence-corrected chi connectivity index (χ3v) is 5.39. The second kappa shape index (κ2) is 6.77. The first kappa shape index (κ1) is 18.7. The first-order valence-corrected chi connectivity index (χ1v) is 9.34. The molecule has 0 bridgehead atoms. The van der Waals surface area contributed by atoms with Crippen LogP contribution in [0.4, 0.5) is 23.7 Å². The average molecular weight is 451 g/mol. The number of Topliss-reactive ketones (excluding diaryl/α,β-unsaturated/α-hetero) is 1. The van der Waals surface area contributed by atoms with Crippen molar-refractivity contribution in [3.8, 4) is 0 Å². The zero-order valence-electron chi connectivity index (χ0n) is 14.4. The van der Waals surface area contributed by atoms with Crippen LogP contribution in [0, 0.1) is 0 Å². The predicted octanol–water partition coefficient (Wildman–Crippen LogP) is 5.36. The smallest absolute Gasteiger partial charge is 0.326 e. The highest BCUT2D eigenvalue weighted by Gasteiger charge is 2.41. The van der Waals surface area contributed by atoms with E-state index in [2.05, 4.69) is 21.2 Å². The molecule has 0 fully saturated rings. The highest BCUT2D eigenvalue weighted by Crippen LogP contribution is 2.41. The fourth-order valence-electron chi connectivity index (χ4n) is 3.60. The molecule has 1 atom stereocenters. The van der Waals surface area contributed by atoms with E-state index in [1.165, 1.54) is 17.0 Å². The van der Waals surface area contributed by atoms with Crippen LogP contribution in [0.15, 0.2) is 64.3 Å². The van der Waals surface area contributed by atoms with Gasteiger partial charge in [0.05, 0.1) is 17.3 Å². The van der Waals surface area contributed by atoms with Gasteiger partial charge in [0, 0.05) is 22.2 Å². The summed E-state index contributed by atoms with van der Waals surface area (Å²) in [5.41, 5.74) is 0.867. The lowest BCUT2D eigenvalue weighted by atomic mass is 9.95.